The number of non-ortho nitro benzene ring substituents is 1. The summed E-state index contributed by atoms with van der Waals surface area (Å²) >= 11 is 0. The van der Waals surface area contributed by atoms with Gasteiger partial charge in [0.05, 0.1) is 10.5 Å². The van der Waals surface area contributed by atoms with Crippen molar-refractivity contribution in [3.8, 4) is 0 Å². The summed E-state index contributed by atoms with van der Waals surface area (Å²) in [5.74, 6) is -0.337. The summed E-state index contributed by atoms with van der Waals surface area (Å²) in [6, 6.07) is 4.01. The molecule has 0 spiro atoms. The van der Waals surface area contributed by atoms with Gasteiger partial charge in [-0.3, -0.25) is 14.9 Å². The molecular formula is C15H21N3O3. The van der Waals surface area contributed by atoms with E-state index < -0.39 is 4.92 Å². The Balaban J connectivity index is 2.20. The van der Waals surface area contributed by atoms with Crippen LogP contribution in [0.2, 0.25) is 0 Å². The fourth-order valence-electron chi connectivity index (χ4n) is 2.85. The number of nitrogens with two attached hydrogens (primary N) is 1. The van der Waals surface area contributed by atoms with Crippen molar-refractivity contribution in [3.05, 3.63) is 33.9 Å². The number of carbonyl (C=O) groups is 1. The number of carbonyl (C=O) groups excluding carboxylic acids is 1. The van der Waals surface area contributed by atoms with Crippen LogP contribution in [0.3, 0.4) is 0 Å². The summed E-state index contributed by atoms with van der Waals surface area (Å²) in [5, 5.41) is 13.8. The Morgan fingerprint density at radius 2 is 2.14 bits per heavy atom. The SMILES string of the molecule is CC1(C)CCCCC1NC(=O)c1cc([N+](=O)[O-])ccc1N. The van der Waals surface area contributed by atoms with Crippen LogP contribution in [0.25, 0.3) is 0 Å². The number of hydrogen-bond donors (Lipinski definition) is 2. The average molecular weight is 291 g/mol. The van der Waals surface area contributed by atoms with Crippen LogP contribution >= 0.6 is 0 Å². The molecule has 1 aromatic rings. The van der Waals surface area contributed by atoms with Crippen LogP contribution < -0.4 is 11.1 Å². The number of anilines is 1. The number of benzene rings is 1. The quantitative estimate of drug-likeness (QED) is 0.508. The van der Waals surface area contributed by atoms with Crippen molar-refractivity contribution in [1.82, 2.24) is 5.32 Å². The number of rotatable bonds is 3. The Morgan fingerprint density at radius 1 is 1.43 bits per heavy atom. The van der Waals surface area contributed by atoms with Crippen molar-refractivity contribution in [2.75, 3.05) is 5.73 Å². The van der Waals surface area contributed by atoms with E-state index in [0.29, 0.717) is 0 Å². The second-order valence-electron chi connectivity index (χ2n) is 6.29. The lowest BCUT2D eigenvalue weighted by atomic mass is 9.73. The highest BCUT2D eigenvalue weighted by molar-refractivity contribution is 6.00. The molecule has 1 fully saturated rings. The minimum absolute atomic E-state index is 0.0311. The average Bonchev–Trinajstić information content (AvgIpc) is 2.41. The number of nitrogens with one attached hydrogen (secondary N) is 1. The number of nitrogen functional groups attached to an aromatic ring is 1. The number of nitrogens with zero attached hydrogens (tertiary/aromatic N) is 1. The van der Waals surface area contributed by atoms with E-state index in [0.717, 1.165) is 25.7 Å². The number of amides is 1. The summed E-state index contributed by atoms with van der Waals surface area (Å²) < 4.78 is 0. The zero-order valence-corrected chi connectivity index (χ0v) is 12.4. The van der Waals surface area contributed by atoms with Crippen LogP contribution in [0, 0.1) is 15.5 Å². The molecule has 0 aliphatic heterocycles. The molecule has 0 saturated heterocycles. The predicted molar refractivity (Wildman–Crippen MR) is 81.0 cm³/mol. The molecule has 1 saturated carbocycles. The minimum Gasteiger partial charge on any atom is -0.398 e. The van der Waals surface area contributed by atoms with Gasteiger partial charge in [0.15, 0.2) is 0 Å². The van der Waals surface area contributed by atoms with Crippen LogP contribution in [0.4, 0.5) is 11.4 Å². The second kappa shape index (κ2) is 5.71. The molecule has 0 bridgehead atoms. The molecule has 114 valence electrons. The van der Waals surface area contributed by atoms with Crippen LogP contribution in [0.15, 0.2) is 18.2 Å². The van der Waals surface area contributed by atoms with E-state index in [1.54, 1.807) is 0 Å². The van der Waals surface area contributed by atoms with E-state index in [-0.39, 0.29) is 34.3 Å². The lowest BCUT2D eigenvalue weighted by Crippen LogP contribution is -2.46. The van der Waals surface area contributed by atoms with Gasteiger partial charge < -0.3 is 11.1 Å². The van der Waals surface area contributed by atoms with Gasteiger partial charge in [0.1, 0.15) is 0 Å². The third-order valence-electron chi connectivity index (χ3n) is 4.30. The maximum atomic E-state index is 12.4. The first-order valence-electron chi connectivity index (χ1n) is 7.16. The topological polar surface area (TPSA) is 98.3 Å². The van der Waals surface area contributed by atoms with Crippen molar-refractivity contribution < 1.29 is 9.72 Å². The molecule has 3 N–H and O–H groups in total. The van der Waals surface area contributed by atoms with Crippen molar-refractivity contribution in [1.29, 1.82) is 0 Å². The third-order valence-corrected chi connectivity index (χ3v) is 4.30. The van der Waals surface area contributed by atoms with Crippen LogP contribution in [0.1, 0.15) is 49.9 Å². The van der Waals surface area contributed by atoms with Crippen molar-refractivity contribution in [2.45, 2.75) is 45.6 Å². The fraction of sp³-hybridized carbons (Fsp3) is 0.533. The third kappa shape index (κ3) is 3.32. The van der Waals surface area contributed by atoms with E-state index in [4.69, 9.17) is 5.73 Å². The molecule has 1 unspecified atom stereocenters. The second-order valence-corrected chi connectivity index (χ2v) is 6.29. The normalized spacial score (nSPS) is 20.8. The molecule has 0 radical (unpaired) electrons. The predicted octanol–water partition coefficient (Wildman–Crippen LogP) is 2.88. The van der Waals surface area contributed by atoms with Crippen molar-refractivity contribution in [2.24, 2.45) is 5.41 Å². The van der Waals surface area contributed by atoms with E-state index in [1.165, 1.54) is 18.2 Å². The highest BCUT2D eigenvalue weighted by Gasteiger charge is 2.33. The zero-order valence-electron chi connectivity index (χ0n) is 12.4. The van der Waals surface area contributed by atoms with E-state index >= 15 is 0 Å². The van der Waals surface area contributed by atoms with Gasteiger partial charge in [-0.05, 0) is 24.3 Å². The molecule has 2 rings (SSSR count). The van der Waals surface area contributed by atoms with Crippen LogP contribution in [0.5, 0.6) is 0 Å². The number of nitro benzene ring substituents is 1. The van der Waals surface area contributed by atoms with E-state index in [2.05, 4.69) is 19.2 Å². The maximum Gasteiger partial charge on any atom is 0.270 e. The smallest absolute Gasteiger partial charge is 0.270 e. The molecule has 0 heterocycles. The molecule has 6 nitrogen and oxygen atoms in total. The summed E-state index contributed by atoms with van der Waals surface area (Å²) in [6.45, 7) is 4.27. The molecule has 1 aliphatic rings. The van der Waals surface area contributed by atoms with Gasteiger partial charge in [-0.25, -0.2) is 0 Å². The first kappa shape index (κ1) is 15.3. The van der Waals surface area contributed by atoms with Gasteiger partial charge in [-0.15, -0.1) is 0 Å². The number of nitro groups is 1. The summed E-state index contributed by atoms with van der Waals surface area (Å²) in [4.78, 5) is 22.7. The lowest BCUT2D eigenvalue weighted by Gasteiger charge is -2.39. The molecule has 1 aromatic carbocycles. The zero-order chi connectivity index (χ0) is 15.6. The first-order valence-corrected chi connectivity index (χ1v) is 7.16. The summed E-state index contributed by atoms with van der Waals surface area (Å²) in [5.41, 5.74) is 6.11. The van der Waals surface area contributed by atoms with Gasteiger partial charge in [-0.1, -0.05) is 26.7 Å². The Kier molecular flexibility index (Phi) is 4.16. The van der Waals surface area contributed by atoms with Gasteiger partial charge in [-0.2, -0.15) is 0 Å². The summed E-state index contributed by atoms with van der Waals surface area (Å²) in [6.07, 6.45) is 4.23. The van der Waals surface area contributed by atoms with Crippen LogP contribution in [-0.4, -0.2) is 16.9 Å². The Bertz CT molecular complexity index is 569. The lowest BCUT2D eigenvalue weighted by molar-refractivity contribution is -0.384. The Hall–Kier alpha value is -2.11. The number of hydrogen-bond acceptors (Lipinski definition) is 4. The first-order chi connectivity index (χ1) is 9.81. The molecule has 21 heavy (non-hydrogen) atoms. The minimum atomic E-state index is -0.527. The highest BCUT2D eigenvalue weighted by atomic mass is 16.6. The van der Waals surface area contributed by atoms with E-state index in [1.807, 2.05) is 0 Å². The van der Waals surface area contributed by atoms with Crippen LogP contribution in [-0.2, 0) is 0 Å². The molecule has 1 atom stereocenters. The molecule has 0 aromatic heterocycles. The van der Waals surface area contributed by atoms with Gasteiger partial charge in [0, 0.05) is 23.9 Å². The Labute approximate surface area is 123 Å². The standard InChI is InChI=1S/C15H21N3O3/c1-15(2)8-4-3-5-13(15)17-14(19)11-9-10(18(20)21)6-7-12(11)16/h6-7,9,13H,3-5,8,16H2,1-2H3,(H,17,19). The maximum absolute atomic E-state index is 12.4. The molecule has 1 amide bonds. The van der Waals surface area contributed by atoms with Gasteiger partial charge in [0.2, 0.25) is 0 Å². The Morgan fingerprint density at radius 3 is 2.76 bits per heavy atom. The van der Waals surface area contributed by atoms with Crippen molar-refractivity contribution >= 4 is 17.3 Å². The fourth-order valence-corrected chi connectivity index (χ4v) is 2.85. The monoisotopic (exact) mass is 291 g/mol. The highest BCUT2D eigenvalue weighted by Crippen LogP contribution is 2.35. The van der Waals surface area contributed by atoms with Gasteiger partial charge in [0.25, 0.3) is 11.6 Å². The van der Waals surface area contributed by atoms with Crippen molar-refractivity contribution in [3.63, 3.8) is 0 Å². The van der Waals surface area contributed by atoms with Gasteiger partial charge >= 0.3 is 0 Å². The molecule has 6 heteroatoms. The molecule has 1 aliphatic carbocycles. The molecular weight excluding hydrogens is 270 g/mol. The summed E-state index contributed by atoms with van der Waals surface area (Å²) in [7, 11) is 0. The van der Waals surface area contributed by atoms with E-state index in [9.17, 15) is 14.9 Å². The largest absolute Gasteiger partial charge is 0.398 e.